The molecule has 0 bridgehead atoms. The molecule has 0 radical (unpaired) electrons. The molecule has 0 fully saturated rings. The summed E-state index contributed by atoms with van der Waals surface area (Å²) in [5.74, 6) is 0.369. The van der Waals surface area contributed by atoms with Gasteiger partial charge in [-0.1, -0.05) is 35.9 Å². The number of rotatable bonds is 6. The Hall–Kier alpha value is -3.16. The predicted molar refractivity (Wildman–Crippen MR) is 124 cm³/mol. The maximum absolute atomic E-state index is 13.1. The number of nitrogens with one attached hydrogen (secondary N) is 1. The number of hydrogen-bond donors (Lipinski definition) is 1. The summed E-state index contributed by atoms with van der Waals surface area (Å²) in [7, 11) is -3.57. The maximum atomic E-state index is 13.1. The van der Waals surface area contributed by atoms with Crippen molar-refractivity contribution in [2.75, 3.05) is 18.5 Å². The van der Waals surface area contributed by atoms with Crippen molar-refractivity contribution in [1.29, 1.82) is 0 Å². The lowest BCUT2D eigenvalue weighted by Crippen LogP contribution is -2.36. The van der Waals surface area contributed by atoms with Gasteiger partial charge in [0.15, 0.2) is 6.61 Å². The summed E-state index contributed by atoms with van der Waals surface area (Å²) in [6.45, 7) is 4.49. The van der Waals surface area contributed by atoms with Gasteiger partial charge in [-0.25, -0.2) is 8.42 Å². The second kappa shape index (κ2) is 9.14. The average Bonchev–Trinajstić information content (AvgIpc) is 2.77. The van der Waals surface area contributed by atoms with E-state index in [9.17, 15) is 13.2 Å². The third-order valence-electron chi connectivity index (χ3n) is 5.49. The number of nitrogens with zero attached hydrogens (tertiary/aromatic N) is 1. The zero-order valence-electron chi connectivity index (χ0n) is 18.2. The Kier molecular flexibility index (Phi) is 6.30. The van der Waals surface area contributed by atoms with Gasteiger partial charge in [-0.05, 0) is 73.4 Å². The van der Waals surface area contributed by atoms with Crippen molar-refractivity contribution in [3.8, 4) is 5.75 Å². The number of anilines is 1. The van der Waals surface area contributed by atoms with Crippen molar-refractivity contribution in [2.24, 2.45) is 0 Å². The first-order chi connectivity index (χ1) is 15.3. The second-order valence-electron chi connectivity index (χ2n) is 8.04. The second-order valence-corrected chi connectivity index (χ2v) is 9.98. The summed E-state index contributed by atoms with van der Waals surface area (Å²) in [4.78, 5) is 12.6. The molecule has 4 rings (SSSR count). The van der Waals surface area contributed by atoms with Crippen molar-refractivity contribution in [3.63, 3.8) is 0 Å². The molecule has 6 nitrogen and oxygen atoms in total. The van der Waals surface area contributed by atoms with Crippen LogP contribution in [0.4, 0.5) is 5.69 Å². The number of ether oxygens (including phenoxy) is 1. The zero-order chi connectivity index (χ0) is 22.7. The Labute approximate surface area is 188 Å². The van der Waals surface area contributed by atoms with Crippen LogP contribution in [0.15, 0.2) is 71.6 Å². The first-order valence-corrected chi connectivity index (χ1v) is 11.9. The summed E-state index contributed by atoms with van der Waals surface area (Å²) in [5.41, 5.74) is 4.68. The zero-order valence-corrected chi connectivity index (χ0v) is 19.0. The van der Waals surface area contributed by atoms with E-state index in [1.54, 1.807) is 24.3 Å². The number of benzene rings is 3. The minimum Gasteiger partial charge on any atom is -0.484 e. The Bertz CT molecular complexity index is 1240. The maximum Gasteiger partial charge on any atom is 0.262 e. The molecular formula is C25H26N2O4S. The fraction of sp³-hybridized carbons (Fsp3) is 0.240. The molecule has 3 aromatic carbocycles. The largest absolute Gasteiger partial charge is 0.484 e. The van der Waals surface area contributed by atoms with Crippen LogP contribution in [-0.4, -0.2) is 31.8 Å². The number of carbonyl (C=O) groups excluding carboxylic acids is 1. The Morgan fingerprint density at radius 1 is 0.969 bits per heavy atom. The highest BCUT2D eigenvalue weighted by Crippen LogP contribution is 2.27. The van der Waals surface area contributed by atoms with E-state index in [0.29, 0.717) is 29.3 Å². The van der Waals surface area contributed by atoms with Gasteiger partial charge >= 0.3 is 0 Å². The monoisotopic (exact) mass is 450 g/mol. The van der Waals surface area contributed by atoms with E-state index in [1.165, 1.54) is 4.31 Å². The van der Waals surface area contributed by atoms with Gasteiger partial charge in [0.1, 0.15) is 5.75 Å². The molecular weight excluding hydrogens is 424 g/mol. The van der Waals surface area contributed by atoms with Crippen LogP contribution in [0.3, 0.4) is 0 Å². The number of carbonyl (C=O) groups is 1. The van der Waals surface area contributed by atoms with Crippen LogP contribution in [0, 0.1) is 13.8 Å². The SMILES string of the molecule is Cc1ccc(S(=O)(=O)N2CCc3ccc(NC(=O)COc4cccc(C)c4)cc3C2)cc1. The molecule has 0 aromatic heterocycles. The van der Waals surface area contributed by atoms with E-state index in [4.69, 9.17) is 4.74 Å². The molecule has 0 aliphatic carbocycles. The van der Waals surface area contributed by atoms with Crippen molar-refractivity contribution in [3.05, 3.63) is 89.0 Å². The van der Waals surface area contributed by atoms with Crippen LogP contribution >= 0.6 is 0 Å². The van der Waals surface area contributed by atoms with Gasteiger partial charge in [0.2, 0.25) is 10.0 Å². The molecule has 1 heterocycles. The van der Waals surface area contributed by atoms with Gasteiger partial charge in [0.25, 0.3) is 5.91 Å². The molecule has 7 heteroatoms. The van der Waals surface area contributed by atoms with Crippen molar-refractivity contribution >= 4 is 21.6 Å². The molecule has 166 valence electrons. The van der Waals surface area contributed by atoms with E-state index in [2.05, 4.69) is 5.32 Å². The van der Waals surface area contributed by atoms with Crippen LogP contribution < -0.4 is 10.1 Å². The predicted octanol–water partition coefficient (Wildman–Crippen LogP) is 4.07. The molecule has 1 N–H and O–H groups in total. The highest BCUT2D eigenvalue weighted by atomic mass is 32.2. The van der Waals surface area contributed by atoms with E-state index in [0.717, 1.165) is 22.3 Å². The Balaban J connectivity index is 1.43. The van der Waals surface area contributed by atoms with Crippen LogP contribution in [0.1, 0.15) is 22.3 Å². The molecule has 1 aliphatic heterocycles. The Morgan fingerprint density at radius 3 is 2.50 bits per heavy atom. The van der Waals surface area contributed by atoms with E-state index >= 15 is 0 Å². The van der Waals surface area contributed by atoms with Gasteiger partial charge in [-0.15, -0.1) is 0 Å². The molecule has 0 spiro atoms. The van der Waals surface area contributed by atoms with Gasteiger partial charge in [0, 0.05) is 18.8 Å². The van der Waals surface area contributed by atoms with Gasteiger partial charge < -0.3 is 10.1 Å². The van der Waals surface area contributed by atoms with E-state index < -0.39 is 10.0 Å². The summed E-state index contributed by atoms with van der Waals surface area (Å²) in [6, 6.07) is 20.0. The van der Waals surface area contributed by atoms with Crippen LogP contribution in [-0.2, 0) is 27.8 Å². The standard InChI is InChI=1S/C25H26N2O4S/c1-18-6-10-24(11-7-18)32(29,30)27-13-12-20-8-9-22(15-21(20)16-27)26-25(28)17-31-23-5-3-4-19(2)14-23/h3-11,14-15H,12-13,16-17H2,1-2H3,(H,26,28). The van der Waals surface area contributed by atoms with Crippen molar-refractivity contribution < 1.29 is 17.9 Å². The van der Waals surface area contributed by atoms with Crippen LogP contribution in [0.5, 0.6) is 5.75 Å². The molecule has 0 saturated carbocycles. The molecule has 32 heavy (non-hydrogen) atoms. The van der Waals surface area contributed by atoms with Crippen LogP contribution in [0.25, 0.3) is 0 Å². The number of sulfonamides is 1. The lowest BCUT2D eigenvalue weighted by Gasteiger charge is -2.28. The molecule has 1 aliphatic rings. The normalized spacial score (nSPS) is 13.9. The third-order valence-corrected chi connectivity index (χ3v) is 7.34. The smallest absolute Gasteiger partial charge is 0.262 e. The fourth-order valence-corrected chi connectivity index (χ4v) is 5.14. The van der Waals surface area contributed by atoms with E-state index in [-0.39, 0.29) is 19.1 Å². The number of amides is 1. The topological polar surface area (TPSA) is 75.7 Å². The summed E-state index contributed by atoms with van der Waals surface area (Å²) >= 11 is 0. The lowest BCUT2D eigenvalue weighted by molar-refractivity contribution is -0.118. The summed E-state index contributed by atoms with van der Waals surface area (Å²) in [6.07, 6.45) is 0.630. The minimum absolute atomic E-state index is 0.103. The van der Waals surface area contributed by atoms with Gasteiger partial charge in [0.05, 0.1) is 4.90 Å². The molecule has 0 atom stereocenters. The fourth-order valence-electron chi connectivity index (χ4n) is 3.72. The van der Waals surface area contributed by atoms with Gasteiger partial charge in [-0.2, -0.15) is 4.31 Å². The Morgan fingerprint density at radius 2 is 1.75 bits per heavy atom. The van der Waals surface area contributed by atoms with Crippen LogP contribution in [0.2, 0.25) is 0 Å². The highest BCUT2D eigenvalue weighted by molar-refractivity contribution is 7.89. The van der Waals surface area contributed by atoms with Crippen molar-refractivity contribution in [2.45, 2.75) is 31.7 Å². The summed E-state index contributed by atoms with van der Waals surface area (Å²) in [5, 5.41) is 2.84. The molecule has 1 amide bonds. The molecule has 0 unspecified atom stereocenters. The molecule has 0 saturated heterocycles. The van der Waals surface area contributed by atoms with Gasteiger partial charge in [-0.3, -0.25) is 4.79 Å². The quantitative estimate of drug-likeness (QED) is 0.614. The summed E-state index contributed by atoms with van der Waals surface area (Å²) < 4.78 is 33.2. The minimum atomic E-state index is -3.57. The first-order valence-electron chi connectivity index (χ1n) is 10.5. The van der Waals surface area contributed by atoms with Crippen molar-refractivity contribution in [1.82, 2.24) is 4.31 Å². The first kappa shape index (κ1) is 22.0. The highest BCUT2D eigenvalue weighted by Gasteiger charge is 2.28. The third kappa shape index (κ3) is 5.00. The number of fused-ring (bicyclic) bond motifs is 1. The lowest BCUT2D eigenvalue weighted by atomic mass is 10.0. The number of hydrogen-bond acceptors (Lipinski definition) is 4. The number of aryl methyl sites for hydroxylation is 2. The molecule has 3 aromatic rings. The average molecular weight is 451 g/mol. The van der Waals surface area contributed by atoms with E-state index in [1.807, 2.05) is 56.3 Å².